The van der Waals surface area contributed by atoms with E-state index in [-0.39, 0.29) is 23.8 Å². The number of rotatable bonds is 1. The lowest BCUT2D eigenvalue weighted by molar-refractivity contribution is -0.151. The molecule has 0 heterocycles. The molecular weight excluding hydrogens is 192 g/mol. The topological polar surface area (TPSA) is 43.4 Å². The van der Waals surface area contributed by atoms with Crippen molar-refractivity contribution in [3.8, 4) is 0 Å². The number of ether oxygens (including phenoxy) is 1. The molecule has 0 saturated heterocycles. The van der Waals surface area contributed by atoms with Gasteiger partial charge in [-0.2, -0.15) is 0 Å². The van der Waals surface area contributed by atoms with Gasteiger partial charge in [0.25, 0.3) is 0 Å². The highest BCUT2D eigenvalue weighted by molar-refractivity contribution is 5.83. The first-order valence-electron chi connectivity index (χ1n) is 5.70. The summed E-state index contributed by atoms with van der Waals surface area (Å²) in [4.78, 5) is 22.8. The maximum absolute atomic E-state index is 11.8. The van der Waals surface area contributed by atoms with Crippen molar-refractivity contribution in [2.45, 2.75) is 39.7 Å². The Morgan fingerprint density at radius 2 is 2.07 bits per heavy atom. The van der Waals surface area contributed by atoms with Crippen molar-refractivity contribution >= 4 is 11.8 Å². The Kier molecular flexibility index (Phi) is 2.57. The summed E-state index contributed by atoms with van der Waals surface area (Å²) in [6.45, 7) is 5.65. The number of ketones is 1. The van der Waals surface area contributed by atoms with Gasteiger partial charge in [-0.25, -0.2) is 0 Å². The highest BCUT2D eigenvalue weighted by Gasteiger charge is 2.51. The van der Waals surface area contributed by atoms with Crippen LogP contribution < -0.4 is 0 Å². The van der Waals surface area contributed by atoms with E-state index in [9.17, 15) is 9.59 Å². The molecule has 0 aromatic rings. The van der Waals surface area contributed by atoms with Crippen molar-refractivity contribution in [3.05, 3.63) is 0 Å². The van der Waals surface area contributed by atoms with Gasteiger partial charge in [0, 0.05) is 13.3 Å². The largest absolute Gasteiger partial charge is 0.461 e. The van der Waals surface area contributed by atoms with Crippen LogP contribution in [0.2, 0.25) is 0 Å². The smallest absolute Gasteiger partial charge is 0.302 e. The lowest BCUT2D eigenvalue weighted by Crippen LogP contribution is -2.30. The summed E-state index contributed by atoms with van der Waals surface area (Å²) in [6.07, 6.45) is 1.42. The molecule has 15 heavy (non-hydrogen) atoms. The van der Waals surface area contributed by atoms with Crippen LogP contribution >= 0.6 is 0 Å². The first-order chi connectivity index (χ1) is 7.00. The van der Waals surface area contributed by atoms with Crippen molar-refractivity contribution in [1.82, 2.24) is 0 Å². The number of fused-ring (bicyclic) bond motifs is 2. The molecule has 0 amide bonds. The fraction of sp³-hybridized carbons (Fsp3) is 0.833. The molecule has 3 heteroatoms. The minimum atomic E-state index is -0.264. The molecule has 0 aliphatic heterocycles. The van der Waals surface area contributed by atoms with Crippen LogP contribution in [-0.4, -0.2) is 17.9 Å². The van der Waals surface area contributed by atoms with Gasteiger partial charge in [-0.3, -0.25) is 9.59 Å². The molecule has 0 unspecified atom stereocenters. The summed E-state index contributed by atoms with van der Waals surface area (Å²) < 4.78 is 5.30. The van der Waals surface area contributed by atoms with Crippen LogP contribution in [0.4, 0.5) is 0 Å². The molecule has 0 aromatic carbocycles. The average Bonchev–Trinajstić information content (AvgIpc) is 2.40. The highest BCUT2D eigenvalue weighted by atomic mass is 16.5. The van der Waals surface area contributed by atoms with Crippen molar-refractivity contribution in [2.75, 3.05) is 0 Å². The van der Waals surface area contributed by atoms with Crippen molar-refractivity contribution in [1.29, 1.82) is 0 Å². The number of carbonyl (C=O) groups excluding carboxylic acids is 2. The normalized spacial score (nSPS) is 44.2. The monoisotopic (exact) mass is 210 g/mol. The molecule has 2 rings (SSSR count). The molecule has 5 atom stereocenters. The molecular formula is C12H18O3. The lowest BCUT2D eigenvalue weighted by atomic mass is 9.78. The van der Waals surface area contributed by atoms with E-state index in [2.05, 4.69) is 13.8 Å². The molecule has 0 N–H and O–H groups in total. The van der Waals surface area contributed by atoms with Crippen LogP contribution in [0.3, 0.4) is 0 Å². The van der Waals surface area contributed by atoms with E-state index in [1.54, 1.807) is 0 Å². The van der Waals surface area contributed by atoms with Crippen molar-refractivity contribution in [2.24, 2.45) is 23.7 Å². The summed E-state index contributed by atoms with van der Waals surface area (Å²) in [5.74, 6) is 1.33. The summed E-state index contributed by atoms with van der Waals surface area (Å²) in [5.41, 5.74) is 0. The molecule has 0 spiro atoms. The van der Waals surface area contributed by atoms with Crippen LogP contribution in [0.1, 0.15) is 33.6 Å². The van der Waals surface area contributed by atoms with Crippen LogP contribution in [0.15, 0.2) is 0 Å². The molecule has 2 fully saturated rings. The molecule has 3 nitrogen and oxygen atoms in total. The quantitative estimate of drug-likeness (QED) is 0.620. The fourth-order valence-corrected chi connectivity index (χ4v) is 3.32. The molecule has 2 bridgehead atoms. The van der Waals surface area contributed by atoms with Crippen LogP contribution in [-0.2, 0) is 14.3 Å². The van der Waals surface area contributed by atoms with Gasteiger partial charge in [0.05, 0.1) is 5.92 Å². The first kappa shape index (κ1) is 10.7. The van der Waals surface area contributed by atoms with Gasteiger partial charge in [0.2, 0.25) is 0 Å². The summed E-state index contributed by atoms with van der Waals surface area (Å²) >= 11 is 0. The van der Waals surface area contributed by atoms with E-state index >= 15 is 0 Å². The standard InChI is InChI=1S/C12H18O3/c1-6-4-11(14)10-5-9(6)7(2)12(10)15-8(3)13/h6-7,9-10,12H,4-5H2,1-3H3/t6-,7+,9-,10+,12+/m1/s1. The second-order valence-electron chi connectivity index (χ2n) is 5.09. The Morgan fingerprint density at radius 1 is 1.40 bits per heavy atom. The van der Waals surface area contributed by atoms with Gasteiger partial charge >= 0.3 is 5.97 Å². The molecule has 2 aliphatic rings. The highest BCUT2D eigenvalue weighted by Crippen LogP contribution is 2.48. The van der Waals surface area contributed by atoms with Gasteiger partial charge < -0.3 is 4.74 Å². The van der Waals surface area contributed by atoms with Crippen molar-refractivity contribution < 1.29 is 14.3 Å². The van der Waals surface area contributed by atoms with Gasteiger partial charge in [-0.15, -0.1) is 0 Å². The van der Waals surface area contributed by atoms with Gasteiger partial charge in [-0.1, -0.05) is 13.8 Å². The maximum Gasteiger partial charge on any atom is 0.302 e. The van der Waals surface area contributed by atoms with E-state index in [4.69, 9.17) is 4.74 Å². The van der Waals surface area contributed by atoms with E-state index in [1.165, 1.54) is 6.92 Å². The Hall–Kier alpha value is -0.860. The number of hydrogen-bond acceptors (Lipinski definition) is 3. The minimum absolute atomic E-state index is 0.0231. The fourth-order valence-electron chi connectivity index (χ4n) is 3.32. The maximum atomic E-state index is 11.8. The SMILES string of the molecule is CC(=O)O[C@H]1[C@@H](C)[C@@H]2C[C@H]1C(=O)C[C@H]2C. The number of carbonyl (C=O) groups is 2. The molecule has 0 radical (unpaired) electrons. The van der Waals surface area contributed by atoms with Crippen LogP contribution in [0.25, 0.3) is 0 Å². The average molecular weight is 210 g/mol. The Bertz CT molecular complexity index is 297. The Labute approximate surface area is 90.2 Å². The number of esters is 1. The van der Waals surface area contributed by atoms with E-state index < -0.39 is 0 Å². The number of Topliss-reactive ketones (excluding diaryl/α,β-unsaturated/α-hetero) is 1. The summed E-state index contributed by atoms with van der Waals surface area (Å²) in [5, 5.41) is 0. The third-order valence-corrected chi connectivity index (χ3v) is 4.09. The third kappa shape index (κ3) is 1.68. The molecule has 2 aliphatic carbocycles. The first-order valence-corrected chi connectivity index (χ1v) is 5.70. The predicted molar refractivity (Wildman–Crippen MR) is 55.1 cm³/mol. The summed E-state index contributed by atoms with van der Waals surface area (Å²) in [6, 6.07) is 0. The Morgan fingerprint density at radius 3 is 2.67 bits per heavy atom. The van der Waals surface area contributed by atoms with Crippen LogP contribution in [0, 0.1) is 23.7 Å². The van der Waals surface area contributed by atoms with Gasteiger partial charge in [0.15, 0.2) is 0 Å². The zero-order valence-electron chi connectivity index (χ0n) is 9.53. The molecule has 84 valence electrons. The molecule has 2 saturated carbocycles. The summed E-state index contributed by atoms with van der Waals surface area (Å²) in [7, 11) is 0. The van der Waals surface area contributed by atoms with Crippen molar-refractivity contribution in [3.63, 3.8) is 0 Å². The second-order valence-corrected chi connectivity index (χ2v) is 5.09. The van der Waals surface area contributed by atoms with E-state index in [1.807, 2.05) is 0 Å². The Balaban J connectivity index is 2.19. The second kappa shape index (κ2) is 3.62. The van der Waals surface area contributed by atoms with E-state index in [0.29, 0.717) is 24.2 Å². The zero-order chi connectivity index (χ0) is 11.2. The minimum Gasteiger partial charge on any atom is -0.461 e. The third-order valence-electron chi connectivity index (χ3n) is 4.09. The zero-order valence-corrected chi connectivity index (χ0v) is 9.53. The van der Waals surface area contributed by atoms with Gasteiger partial charge in [-0.05, 0) is 24.2 Å². The van der Waals surface area contributed by atoms with E-state index in [0.717, 1.165) is 6.42 Å². The lowest BCUT2D eigenvalue weighted by Gasteiger charge is -2.25. The number of hydrogen-bond donors (Lipinski definition) is 0. The molecule has 0 aromatic heterocycles. The van der Waals surface area contributed by atoms with Gasteiger partial charge in [0.1, 0.15) is 11.9 Å². The van der Waals surface area contributed by atoms with Crippen LogP contribution in [0.5, 0.6) is 0 Å². The predicted octanol–water partition coefficient (Wildman–Crippen LogP) is 1.80.